The zero-order valence-electron chi connectivity index (χ0n) is 16.1. The van der Waals surface area contributed by atoms with Gasteiger partial charge in [-0.05, 0) is 30.3 Å². The number of rotatable bonds is 7. The molecule has 0 bridgehead atoms. The highest BCUT2D eigenvalue weighted by molar-refractivity contribution is 9.10. The molecule has 156 valence electrons. The fraction of sp³-hybridized carbons (Fsp3) is 0.143. The lowest BCUT2D eigenvalue weighted by Gasteiger charge is -2.16. The van der Waals surface area contributed by atoms with E-state index >= 15 is 0 Å². The lowest BCUT2D eigenvalue weighted by molar-refractivity contribution is -0.139. The van der Waals surface area contributed by atoms with Crippen molar-refractivity contribution >= 4 is 54.2 Å². The Bertz CT molecular complexity index is 1220. The van der Waals surface area contributed by atoms with Gasteiger partial charge in [-0.1, -0.05) is 40.2 Å². The van der Waals surface area contributed by atoms with Crippen LogP contribution >= 0.6 is 15.9 Å². The number of benzene rings is 3. The number of Topliss-reactive ketones (excluding diaryl/α,β-unsaturated/α-hetero) is 1. The number of hydrogen-bond acceptors (Lipinski definition) is 6. The summed E-state index contributed by atoms with van der Waals surface area (Å²) in [5.41, 5.74) is 0.276. The third kappa shape index (κ3) is 4.47. The molecule has 0 unspecified atom stereocenters. The van der Waals surface area contributed by atoms with Crippen LogP contribution in [0.3, 0.4) is 0 Å². The van der Waals surface area contributed by atoms with Crippen LogP contribution in [-0.4, -0.2) is 34.4 Å². The minimum atomic E-state index is -3.93. The Balaban J connectivity index is 2.15. The molecule has 0 saturated heterocycles. The first-order valence-corrected chi connectivity index (χ1v) is 11.0. The first-order chi connectivity index (χ1) is 14.3. The van der Waals surface area contributed by atoms with E-state index in [-0.39, 0.29) is 21.9 Å². The molecule has 0 spiro atoms. The van der Waals surface area contributed by atoms with Gasteiger partial charge in [0.1, 0.15) is 12.2 Å². The van der Waals surface area contributed by atoms with E-state index in [1.807, 2.05) is 0 Å². The van der Waals surface area contributed by atoms with Gasteiger partial charge >= 0.3 is 5.97 Å². The quantitative estimate of drug-likeness (QED) is 0.302. The van der Waals surface area contributed by atoms with E-state index in [9.17, 15) is 18.0 Å². The smallest absolute Gasteiger partial charge is 0.313 e. The maximum atomic E-state index is 12.9. The standard InChI is InChI=1S/C21H18BrNO6S/c1-28-20(25)12-19(24)17-11-18(15-5-3-4-6-16(15)21(17)29-2)23-30(26,27)14-9-7-13(22)8-10-14/h3-11,23H,12H2,1-2H3. The highest BCUT2D eigenvalue weighted by atomic mass is 79.9. The molecule has 1 N–H and O–H groups in total. The summed E-state index contributed by atoms with van der Waals surface area (Å²) in [5.74, 6) is -0.994. The van der Waals surface area contributed by atoms with Crippen molar-refractivity contribution in [3.8, 4) is 5.75 Å². The molecule has 7 nitrogen and oxygen atoms in total. The number of ether oxygens (including phenoxy) is 2. The normalized spacial score (nSPS) is 11.2. The van der Waals surface area contributed by atoms with Crippen LogP contribution < -0.4 is 9.46 Å². The number of sulfonamides is 1. The molecule has 0 aliphatic carbocycles. The van der Waals surface area contributed by atoms with Gasteiger partial charge in [0.2, 0.25) is 0 Å². The summed E-state index contributed by atoms with van der Waals surface area (Å²) in [6, 6.07) is 14.4. The van der Waals surface area contributed by atoms with Gasteiger partial charge in [0.05, 0.1) is 30.4 Å². The molecular formula is C21H18BrNO6S. The number of hydrogen-bond donors (Lipinski definition) is 1. The molecule has 0 aromatic heterocycles. The number of esters is 1. The van der Waals surface area contributed by atoms with Crippen molar-refractivity contribution in [1.29, 1.82) is 0 Å². The second kappa shape index (κ2) is 8.85. The first-order valence-electron chi connectivity index (χ1n) is 8.75. The van der Waals surface area contributed by atoms with Crippen molar-refractivity contribution in [2.24, 2.45) is 0 Å². The molecule has 0 atom stereocenters. The van der Waals surface area contributed by atoms with Crippen LogP contribution in [0.1, 0.15) is 16.8 Å². The number of fused-ring (bicyclic) bond motifs is 1. The predicted molar refractivity (Wildman–Crippen MR) is 116 cm³/mol. The minimum absolute atomic E-state index is 0.0630. The summed E-state index contributed by atoms with van der Waals surface area (Å²) in [4.78, 5) is 24.3. The van der Waals surface area contributed by atoms with Crippen molar-refractivity contribution in [3.63, 3.8) is 0 Å². The van der Waals surface area contributed by atoms with Gasteiger partial charge in [-0.3, -0.25) is 14.3 Å². The van der Waals surface area contributed by atoms with E-state index in [1.165, 1.54) is 32.4 Å². The molecule has 30 heavy (non-hydrogen) atoms. The molecule has 9 heteroatoms. The number of ketones is 1. The topological polar surface area (TPSA) is 98.8 Å². The Morgan fingerprint density at radius 2 is 1.63 bits per heavy atom. The highest BCUT2D eigenvalue weighted by Crippen LogP contribution is 2.37. The SMILES string of the molecule is COC(=O)CC(=O)c1cc(NS(=O)(=O)c2ccc(Br)cc2)c2ccccc2c1OC. The summed E-state index contributed by atoms with van der Waals surface area (Å²) in [5, 5.41) is 1.08. The van der Waals surface area contributed by atoms with Gasteiger partial charge in [0.25, 0.3) is 10.0 Å². The van der Waals surface area contributed by atoms with Gasteiger partial charge in [-0.25, -0.2) is 8.42 Å². The molecular weight excluding hydrogens is 474 g/mol. The van der Waals surface area contributed by atoms with Crippen molar-refractivity contribution in [2.75, 3.05) is 18.9 Å². The monoisotopic (exact) mass is 491 g/mol. The minimum Gasteiger partial charge on any atom is -0.495 e. The van der Waals surface area contributed by atoms with Gasteiger partial charge < -0.3 is 9.47 Å². The van der Waals surface area contributed by atoms with Crippen LogP contribution in [0.25, 0.3) is 10.8 Å². The molecule has 0 aliphatic rings. The average Bonchev–Trinajstić information content (AvgIpc) is 2.73. The summed E-state index contributed by atoms with van der Waals surface area (Å²) in [6.45, 7) is 0. The van der Waals surface area contributed by atoms with Crippen molar-refractivity contribution in [1.82, 2.24) is 0 Å². The number of carbonyl (C=O) groups is 2. The van der Waals surface area contributed by atoms with E-state index in [4.69, 9.17) is 4.74 Å². The maximum Gasteiger partial charge on any atom is 0.313 e. The second-order valence-corrected chi connectivity index (χ2v) is 8.88. The summed E-state index contributed by atoms with van der Waals surface area (Å²) in [6.07, 6.45) is -0.496. The lowest BCUT2D eigenvalue weighted by Crippen LogP contribution is -2.15. The van der Waals surface area contributed by atoms with Crippen LogP contribution in [0.4, 0.5) is 5.69 Å². The molecule has 3 aromatic carbocycles. The average molecular weight is 492 g/mol. The van der Waals surface area contributed by atoms with Crippen molar-refractivity contribution < 1.29 is 27.5 Å². The van der Waals surface area contributed by atoms with Crippen LogP contribution in [0.2, 0.25) is 0 Å². The molecule has 0 radical (unpaired) electrons. The fourth-order valence-corrected chi connectivity index (χ4v) is 4.31. The lowest BCUT2D eigenvalue weighted by atomic mass is 9.99. The fourth-order valence-electron chi connectivity index (χ4n) is 2.98. The first kappa shape index (κ1) is 21.8. The zero-order valence-corrected chi connectivity index (χ0v) is 18.5. The predicted octanol–water partition coefficient (Wildman–Crippen LogP) is 4.16. The second-order valence-electron chi connectivity index (χ2n) is 6.29. The van der Waals surface area contributed by atoms with Gasteiger partial charge in [-0.15, -0.1) is 0 Å². The van der Waals surface area contributed by atoms with Gasteiger partial charge in [0.15, 0.2) is 5.78 Å². The van der Waals surface area contributed by atoms with E-state index < -0.39 is 28.2 Å². The van der Waals surface area contributed by atoms with Crippen LogP contribution in [0.5, 0.6) is 5.75 Å². The van der Waals surface area contributed by atoms with E-state index in [0.29, 0.717) is 10.8 Å². The van der Waals surface area contributed by atoms with Gasteiger partial charge in [-0.2, -0.15) is 0 Å². The molecule has 3 rings (SSSR count). The third-order valence-corrected chi connectivity index (χ3v) is 6.31. The molecule has 3 aromatic rings. The Hall–Kier alpha value is -2.91. The van der Waals surface area contributed by atoms with E-state index in [0.717, 1.165) is 4.47 Å². The van der Waals surface area contributed by atoms with Crippen molar-refractivity contribution in [3.05, 3.63) is 64.6 Å². The van der Waals surface area contributed by atoms with Gasteiger partial charge in [0, 0.05) is 15.2 Å². The van der Waals surface area contributed by atoms with E-state index in [2.05, 4.69) is 25.4 Å². The van der Waals surface area contributed by atoms with Crippen molar-refractivity contribution in [2.45, 2.75) is 11.3 Å². The third-order valence-electron chi connectivity index (χ3n) is 4.40. The number of carbonyl (C=O) groups excluding carboxylic acids is 2. The number of nitrogens with one attached hydrogen (secondary N) is 1. The Kier molecular flexibility index (Phi) is 6.42. The van der Waals surface area contributed by atoms with Crippen LogP contribution in [-0.2, 0) is 19.6 Å². The summed E-state index contributed by atoms with van der Waals surface area (Å²) < 4.78 is 39.1. The Labute approximate surface area is 182 Å². The molecule has 0 fully saturated rings. The highest BCUT2D eigenvalue weighted by Gasteiger charge is 2.23. The summed E-state index contributed by atoms with van der Waals surface area (Å²) >= 11 is 3.27. The van der Waals surface area contributed by atoms with E-state index in [1.54, 1.807) is 36.4 Å². The Morgan fingerprint density at radius 1 is 1.00 bits per heavy atom. The molecule has 0 heterocycles. The maximum absolute atomic E-state index is 12.9. The van der Waals surface area contributed by atoms with Crippen LogP contribution in [0, 0.1) is 0 Å². The number of halogens is 1. The van der Waals surface area contributed by atoms with Crippen LogP contribution in [0.15, 0.2) is 64.0 Å². The molecule has 0 amide bonds. The zero-order chi connectivity index (χ0) is 21.9. The molecule has 0 saturated carbocycles. The number of anilines is 1. The summed E-state index contributed by atoms with van der Waals surface area (Å²) in [7, 11) is -1.34. The Morgan fingerprint density at radius 3 is 2.23 bits per heavy atom. The largest absolute Gasteiger partial charge is 0.495 e. The number of methoxy groups -OCH3 is 2. The molecule has 0 aliphatic heterocycles.